The smallest absolute Gasteiger partial charge is 0.239 e. The molecule has 0 unspecified atom stereocenters. The first-order chi connectivity index (χ1) is 13.5. The number of nitrogens with zero attached hydrogens (tertiary/aromatic N) is 5. The Morgan fingerprint density at radius 1 is 1.21 bits per heavy atom. The van der Waals surface area contributed by atoms with Crippen molar-refractivity contribution in [3.63, 3.8) is 0 Å². The Kier molecular flexibility index (Phi) is 4.40. The molecule has 28 heavy (non-hydrogen) atoms. The van der Waals surface area contributed by atoms with Crippen molar-refractivity contribution in [3.8, 4) is 11.4 Å². The average molecular weight is 377 g/mol. The molecule has 8 nitrogen and oxygen atoms in total. The molecule has 0 radical (unpaired) electrons. The van der Waals surface area contributed by atoms with Crippen molar-refractivity contribution < 1.29 is 9.18 Å². The lowest BCUT2D eigenvalue weighted by molar-refractivity contribution is -0.118. The molecule has 0 aliphatic heterocycles. The zero-order valence-corrected chi connectivity index (χ0v) is 14.9. The minimum absolute atomic E-state index is 0.110. The molecule has 0 saturated carbocycles. The number of hydrogen-bond acceptors (Lipinski definition) is 6. The summed E-state index contributed by atoms with van der Waals surface area (Å²) in [5.74, 6) is -1.07. The van der Waals surface area contributed by atoms with Crippen LogP contribution in [0.3, 0.4) is 0 Å². The zero-order chi connectivity index (χ0) is 19.7. The van der Waals surface area contributed by atoms with Crippen LogP contribution in [0, 0.1) is 12.7 Å². The molecule has 0 fully saturated rings. The fraction of sp³-hybridized carbons (Fsp3) is 0.105. The van der Waals surface area contributed by atoms with Gasteiger partial charge in [-0.2, -0.15) is 5.10 Å². The van der Waals surface area contributed by atoms with Crippen LogP contribution in [-0.2, 0) is 11.3 Å². The minimum atomic E-state index is -0.539. The van der Waals surface area contributed by atoms with Gasteiger partial charge in [0, 0.05) is 18.1 Å². The third-order valence-corrected chi connectivity index (χ3v) is 4.10. The summed E-state index contributed by atoms with van der Waals surface area (Å²) in [6.45, 7) is 1.66. The summed E-state index contributed by atoms with van der Waals surface area (Å²) < 4.78 is 16.6. The number of hydrogen-bond donors (Lipinski definition) is 2. The van der Waals surface area contributed by atoms with E-state index in [0.717, 1.165) is 0 Å². The number of carbonyl (C=O) groups excluding carboxylic acids is 1. The van der Waals surface area contributed by atoms with E-state index in [0.29, 0.717) is 28.1 Å². The van der Waals surface area contributed by atoms with Crippen molar-refractivity contribution in [1.82, 2.24) is 24.7 Å². The van der Waals surface area contributed by atoms with E-state index in [9.17, 15) is 4.79 Å². The summed E-state index contributed by atoms with van der Waals surface area (Å²) in [6.07, 6.45) is 4.68. The third-order valence-electron chi connectivity index (χ3n) is 4.10. The summed E-state index contributed by atoms with van der Waals surface area (Å²) in [5.41, 5.74) is 8.38. The van der Waals surface area contributed by atoms with E-state index in [1.165, 1.54) is 10.9 Å². The number of pyridine rings is 3. The number of primary amides is 1. The number of halogens is 1. The maximum Gasteiger partial charge on any atom is 0.239 e. The van der Waals surface area contributed by atoms with Gasteiger partial charge in [0.05, 0.1) is 23.3 Å². The molecule has 0 aliphatic rings. The minimum Gasteiger partial charge on any atom is -0.368 e. The van der Waals surface area contributed by atoms with Crippen LogP contribution >= 0.6 is 0 Å². The Morgan fingerprint density at radius 3 is 2.82 bits per heavy atom. The van der Waals surface area contributed by atoms with Gasteiger partial charge < -0.3 is 11.1 Å². The van der Waals surface area contributed by atoms with Crippen molar-refractivity contribution in [3.05, 3.63) is 60.4 Å². The molecule has 0 bridgehead atoms. The van der Waals surface area contributed by atoms with Crippen molar-refractivity contribution in [2.24, 2.45) is 5.73 Å². The zero-order valence-electron chi connectivity index (χ0n) is 14.9. The largest absolute Gasteiger partial charge is 0.368 e. The molecule has 4 aromatic heterocycles. The molecule has 140 valence electrons. The van der Waals surface area contributed by atoms with Gasteiger partial charge >= 0.3 is 0 Å². The lowest BCUT2D eigenvalue weighted by Gasteiger charge is -2.13. The molecular weight excluding hydrogens is 361 g/mol. The topological polar surface area (TPSA) is 112 Å². The van der Waals surface area contributed by atoms with Gasteiger partial charge in [0.2, 0.25) is 5.91 Å². The van der Waals surface area contributed by atoms with Crippen LogP contribution in [0.5, 0.6) is 0 Å². The summed E-state index contributed by atoms with van der Waals surface area (Å²) in [6, 6.07) is 8.50. The first-order valence-corrected chi connectivity index (χ1v) is 8.47. The van der Waals surface area contributed by atoms with Gasteiger partial charge in [0.15, 0.2) is 5.82 Å². The highest BCUT2D eigenvalue weighted by Crippen LogP contribution is 2.30. The Bertz CT molecular complexity index is 1170. The number of nitrogens with two attached hydrogens (primary N) is 1. The fourth-order valence-corrected chi connectivity index (χ4v) is 2.95. The molecule has 1 amide bonds. The van der Waals surface area contributed by atoms with Gasteiger partial charge in [-0.1, -0.05) is 6.07 Å². The molecule has 3 N–H and O–H groups in total. The first-order valence-electron chi connectivity index (χ1n) is 8.47. The van der Waals surface area contributed by atoms with Crippen molar-refractivity contribution in [2.75, 3.05) is 5.32 Å². The lowest BCUT2D eigenvalue weighted by atomic mass is 10.2. The second-order valence-corrected chi connectivity index (χ2v) is 6.17. The lowest BCUT2D eigenvalue weighted by Crippen LogP contribution is -2.19. The number of fused-ring (bicyclic) bond motifs is 1. The molecule has 0 saturated heterocycles. The number of carbonyl (C=O) groups is 1. The third kappa shape index (κ3) is 3.25. The predicted molar refractivity (Wildman–Crippen MR) is 102 cm³/mol. The predicted octanol–water partition coefficient (Wildman–Crippen LogP) is 2.56. The average Bonchev–Trinajstić information content (AvgIpc) is 3.08. The Morgan fingerprint density at radius 2 is 2.07 bits per heavy atom. The van der Waals surface area contributed by atoms with E-state index < -0.39 is 11.7 Å². The van der Waals surface area contributed by atoms with Crippen LogP contribution in [0.25, 0.3) is 22.4 Å². The molecule has 0 aliphatic carbocycles. The quantitative estimate of drug-likeness (QED) is 0.553. The number of aromatic nitrogens is 5. The Hall–Kier alpha value is -3.88. The van der Waals surface area contributed by atoms with E-state index in [2.05, 4.69) is 25.4 Å². The SMILES string of the molecule is Cc1cc(Nc2ccnc3cnn(CC(N)=O)c23)c(F)c(-c2ccccn2)n1. The highest BCUT2D eigenvalue weighted by Gasteiger charge is 2.17. The summed E-state index contributed by atoms with van der Waals surface area (Å²) in [4.78, 5) is 24.0. The number of anilines is 2. The van der Waals surface area contributed by atoms with Crippen LogP contribution in [0.4, 0.5) is 15.8 Å². The van der Waals surface area contributed by atoms with Gasteiger partial charge in [0.1, 0.15) is 23.3 Å². The summed E-state index contributed by atoms with van der Waals surface area (Å²) in [7, 11) is 0. The Balaban J connectivity index is 1.81. The number of nitrogens with one attached hydrogen (secondary N) is 1. The molecular formula is C19H16FN7O. The molecule has 0 spiro atoms. The van der Waals surface area contributed by atoms with Crippen LogP contribution in [0.1, 0.15) is 5.69 Å². The number of rotatable bonds is 5. The number of aryl methyl sites for hydroxylation is 1. The van der Waals surface area contributed by atoms with Crippen LogP contribution < -0.4 is 11.1 Å². The maximum atomic E-state index is 15.2. The van der Waals surface area contributed by atoms with E-state index in [4.69, 9.17) is 5.73 Å². The monoisotopic (exact) mass is 377 g/mol. The van der Waals surface area contributed by atoms with Gasteiger partial charge in [-0.3, -0.25) is 19.4 Å². The number of amides is 1. The molecule has 9 heteroatoms. The highest BCUT2D eigenvalue weighted by molar-refractivity contribution is 5.91. The maximum absolute atomic E-state index is 15.2. The first kappa shape index (κ1) is 17.5. The van der Waals surface area contributed by atoms with Crippen LogP contribution in [0.15, 0.2) is 48.9 Å². The molecule has 0 aromatic carbocycles. The molecule has 0 atom stereocenters. The molecule has 4 heterocycles. The van der Waals surface area contributed by atoms with Crippen molar-refractivity contribution >= 4 is 28.3 Å². The van der Waals surface area contributed by atoms with Gasteiger partial charge in [-0.25, -0.2) is 9.37 Å². The van der Waals surface area contributed by atoms with E-state index in [1.807, 2.05) is 0 Å². The second-order valence-electron chi connectivity index (χ2n) is 6.17. The van der Waals surface area contributed by atoms with Gasteiger partial charge in [-0.05, 0) is 31.2 Å². The second kappa shape index (κ2) is 7.03. The standard InChI is InChI=1S/C19H16FN7O/c1-11-8-14(17(20)18(25-11)12-4-2-3-6-22-12)26-13-5-7-23-15-9-24-27(19(13)15)10-16(21)28/h2-9H,10H2,1H3,(H2,21,28)(H,23,25,26). The van der Waals surface area contributed by atoms with Crippen molar-refractivity contribution in [2.45, 2.75) is 13.5 Å². The van der Waals surface area contributed by atoms with E-state index in [-0.39, 0.29) is 17.9 Å². The Labute approximate surface area is 159 Å². The molecule has 4 rings (SSSR count). The van der Waals surface area contributed by atoms with E-state index >= 15 is 4.39 Å². The van der Waals surface area contributed by atoms with E-state index in [1.54, 1.807) is 49.6 Å². The fourth-order valence-electron chi connectivity index (χ4n) is 2.95. The van der Waals surface area contributed by atoms with Gasteiger partial charge in [0.25, 0.3) is 0 Å². The van der Waals surface area contributed by atoms with Gasteiger partial charge in [-0.15, -0.1) is 0 Å². The normalized spacial score (nSPS) is 10.9. The highest BCUT2D eigenvalue weighted by atomic mass is 19.1. The molecule has 4 aromatic rings. The van der Waals surface area contributed by atoms with Crippen LogP contribution in [0.2, 0.25) is 0 Å². The summed E-state index contributed by atoms with van der Waals surface area (Å²) in [5, 5.41) is 7.21. The van der Waals surface area contributed by atoms with Crippen LogP contribution in [-0.4, -0.2) is 30.6 Å². The van der Waals surface area contributed by atoms with Crippen molar-refractivity contribution in [1.29, 1.82) is 0 Å². The summed E-state index contributed by atoms with van der Waals surface area (Å²) >= 11 is 0.